The molecule has 4 N–H and O–H groups in total. The average molecular weight is 1410 g/mol. The smallest absolute Gasteiger partial charge is 0.174 e. The first-order valence-corrected chi connectivity index (χ1v) is 36.8. The molecule has 11 nitrogen and oxygen atoms in total. The maximum absolute atomic E-state index is 11.3. The molecule has 12 rings (SSSR count). The minimum atomic E-state index is 0.121. The van der Waals surface area contributed by atoms with E-state index in [2.05, 4.69) is 272 Å². The molecule has 0 bridgehead atoms. The quantitative estimate of drug-likeness (QED) is 0.147. The number of Topliss-reactive ketones (excluding diaryl/α,β-unsaturated/α-hetero) is 1. The molecule has 562 valence electrons. The number of phenolic OH excluding ortho intramolecular Hbond substituents is 1. The number of benzene rings is 8. The van der Waals surface area contributed by atoms with Crippen molar-refractivity contribution in [1.82, 2.24) is 9.97 Å². The fourth-order valence-electron chi connectivity index (χ4n) is 11.1. The van der Waals surface area contributed by atoms with Crippen LogP contribution in [0.3, 0.4) is 0 Å². The summed E-state index contributed by atoms with van der Waals surface area (Å²) in [6, 6.07) is 55.5. The third kappa shape index (κ3) is 27.3. The Morgan fingerprint density at radius 1 is 0.442 bits per heavy atom. The van der Waals surface area contributed by atoms with Gasteiger partial charge in [-0.3, -0.25) is 9.79 Å². The van der Waals surface area contributed by atoms with Gasteiger partial charge in [0.1, 0.15) is 35.4 Å². The third-order valence-electron chi connectivity index (χ3n) is 18.1. The Labute approximate surface area is 627 Å². The van der Waals surface area contributed by atoms with E-state index in [0.717, 1.165) is 82.0 Å². The number of anilines is 1. The molecule has 11 heteroatoms. The van der Waals surface area contributed by atoms with E-state index in [1.807, 2.05) is 73.8 Å². The molecule has 0 unspecified atom stereocenters. The van der Waals surface area contributed by atoms with E-state index in [4.69, 9.17) is 29.4 Å². The van der Waals surface area contributed by atoms with E-state index in [9.17, 15) is 9.90 Å². The van der Waals surface area contributed by atoms with Crippen LogP contribution in [0.2, 0.25) is 0 Å². The zero-order chi connectivity index (χ0) is 78.0. The summed E-state index contributed by atoms with van der Waals surface area (Å²) in [6.45, 7) is 56.6. The van der Waals surface area contributed by atoms with E-state index >= 15 is 0 Å². The summed E-state index contributed by atoms with van der Waals surface area (Å²) in [5, 5.41) is 9.18. The molecular weight excluding hydrogens is 1290 g/mol. The first-order valence-electron chi connectivity index (χ1n) is 36.8. The fourth-order valence-corrected chi connectivity index (χ4v) is 11.1. The number of H-pyrrole nitrogens is 1. The first kappa shape index (κ1) is 85.8. The average Bonchev–Trinajstić information content (AvgIpc) is 1.38. The van der Waals surface area contributed by atoms with Crippen LogP contribution in [-0.2, 0) is 67.5 Å². The number of hydrogen-bond donors (Lipinski definition) is 3. The predicted molar refractivity (Wildman–Crippen MR) is 441 cm³/mol. The van der Waals surface area contributed by atoms with E-state index in [-0.39, 0.29) is 55.7 Å². The Morgan fingerprint density at radius 3 is 1.38 bits per heavy atom. The molecule has 3 aliphatic heterocycles. The minimum Gasteiger partial charge on any atom is -0.508 e. The molecule has 0 aliphatic carbocycles. The second-order valence-corrected chi connectivity index (χ2v) is 35.5. The molecule has 9 aromatic rings. The number of aliphatic imine (C=N–C) groups is 1. The molecule has 0 fully saturated rings. The lowest BCUT2D eigenvalue weighted by molar-refractivity contribution is -0.121. The van der Waals surface area contributed by atoms with Crippen LogP contribution in [0.1, 0.15) is 245 Å². The number of nitrogens with two attached hydrogens (primary N) is 1. The maximum atomic E-state index is 11.3. The number of rotatable bonds is 3. The predicted octanol–water partition coefficient (Wildman–Crippen LogP) is 23.1. The minimum absolute atomic E-state index is 0.121. The summed E-state index contributed by atoms with van der Waals surface area (Å²) in [6.07, 6.45) is 4.79. The number of phenols is 1. The SMILES string of the molecule is CC(C)(C)c1ccc2c(c1)CC(=O)CO2.CC(C)(C)c1ccc2c(c1)CCCO2.CC(C)(C)c1ccc2c(c1)CN=C2.CC(C)(C)c1cccc(N)c1.CC(C)(C)c1cccc(O)c1.COc1ccc(C(C)(C)C)cc1OC.COc1cccc(C(C)(C)C)c1.Cc1nc2ccc(C(C)(C)C)cc2[nH]1. The van der Waals surface area contributed by atoms with E-state index in [1.54, 1.807) is 33.5 Å². The topological polar surface area (TPSA) is 151 Å². The van der Waals surface area contributed by atoms with Gasteiger partial charge in [0, 0.05) is 23.9 Å². The fraction of sp³-hybridized carbons (Fsp3) is 0.452. The van der Waals surface area contributed by atoms with Crippen molar-refractivity contribution in [2.45, 2.75) is 242 Å². The van der Waals surface area contributed by atoms with Crippen molar-refractivity contribution in [3.05, 3.63) is 236 Å². The number of carbonyl (C=O) groups excluding carboxylic acids is 1. The van der Waals surface area contributed by atoms with Crippen LogP contribution in [-0.4, -0.2) is 61.6 Å². The number of aryl methyl sites for hydroxylation is 2. The molecule has 104 heavy (non-hydrogen) atoms. The lowest BCUT2D eigenvalue weighted by Gasteiger charge is -2.23. The van der Waals surface area contributed by atoms with Crippen LogP contribution in [0.25, 0.3) is 11.0 Å². The van der Waals surface area contributed by atoms with Crippen molar-refractivity contribution in [3.63, 3.8) is 0 Å². The molecule has 1 aromatic heterocycles. The number of methoxy groups -OCH3 is 3. The van der Waals surface area contributed by atoms with Crippen molar-refractivity contribution in [1.29, 1.82) is 0 Å². The molecule has 0 radical (unpaired) electrons. The Morgan fingerprint density at radius 2 is 0.885 bits per heavy atom. The summed E-state index contributed by atoms with van der Waals surface area (Å²) >= 11 is 0. The highest BCUT2D eigenvalue weighted by molar-refractivity contribution is 5.85. The number of aromatic amines is 1. The van der Waals surface area contributed by atoms with Gasteiger partial charge in [-0.05, 0) is 197 Å². The summed E-state index contributed by atoms with van der Waals surface area (Å²) in [5.41, 5.74) is 25.6. The molecule has 0 atom stereocenters. The van der Waals surface area contributed by atoms with Gasteiger partial charge < -0.3 is 39.5 Å². The van der Waals surface area contributed by atoms with Gasteiger partial charge in [0.2, 0.25) is 0 Å². The highest BCUT2D eigenvalue weighted by Crippen LogP contribution is 2.36. The molecule has 8 aromatic carbocycles. The van der Waals surface area contributed by atoms with Crippen molar-refractivity contribution >= 4 is 28.7 Å². The van der Waals surface area contributed by atoms with Crippen LogP contribution in [0.15, 0.2) is 169 Å². The molecule has 4 heterocycles. The highest BCUT2D eigenvalue weighted by Gasteiger charge is 2.24. The van der Waals surface area contributed by atoms with Crippen LogP contribution in [0.5, 0.6) is 34.5 Å². The number of ether oxygens (including phenoxy) is 5. The number of nitrogen functional groups attached to an aromatic ring is 1. The Balaban J connectivity index is 0.000000214. The summed E-state index contributed by atoms with van der Waals surface area (Å²) in [7, 11) is 5.00. The zero-order valence-corrected chi connectivity index (χ0v) is 68.8. The number of nitrogens with one attached hydrogen (secondary N) is 1. The maximum Gasteiger partial charge on any atom is 0.174 e. The van der Waals surface area contributed by atoms with E-state index in [1.165, 1.54) is 62.1 Å². The van der Waals surface area contributed by atoms with Crippen molar-refractivity contribution in [2.24, 2.45) is 4.99 Å². The van der Waals surface area contributed by atoms with Crippen molar-refractivity contribution in [3.8, 4) is 34.5 Å². The zero-order valence-electron chi connectivity index (χ0n) is 68.8. The number of aromatic nitrogens is 2. The Kier molecular flexibility index (Phi) is 29.9. The monoisotopic (exact) mass is 1410 g/mol. The van der Waals surface area contributed by atoms with Crippen LogP contribution >= 0.6 is 0 Å². The van der Waals surface area contributed by atoms with Crippen LogP contribution < -0.4 is 29.4 Å². The van der Waals surface area contributed by atoms with Crippen molar-refractivity contribution < 1.29 is 33.6 Å². The molecular formula is C93H128N4O7. The first-order chi connectivity index (χ1) is 48.1. The van der Waals surface area contributed by atoms with Crippen molar-refractivity contribution in [2.75, 3.05) is 40.3 Å². The molecule has 0 amide bonds. The second-order valence-electron chi connectivity index (χ2n) is 35.5. The van der Waals surface area contributed by atoms with E-state index in [0.29, 0.717) is 12.2 Å². The molecule has 0 saturated heterocycles. The highest BCUT2D eigenvalue weighted by atomic mass is 16.5. The van der Waals surface area contributed by atoms with Gasteiger partial charge in [-0.2, -0.15) is 0 Å². The van der Waals surface area contributed by atoms with Gasteiger partial charge in [-0.25, -0.2) is 4.98 Å². The number of carbonyl (C=O) groups is 1. The molecule has 0 saturated carbocycles. The number of ketones is 1. The lowest BCUT2D eigenvalue weighted by Crippen LogP contribution is -2.21. The number of imidazole rings is 1. The number of fused-ring (bicyclic) bond motifs is 4. The summed E-state index contributed by atoms with van der Waals surface area (Å²) in [4.78, 5) is 23.2. The normalized spacial score (nSPS) is 13.2. The molecule has 0 spiro atoms. The van der Waals surface area contributed by atoms with Gasteiger partial charge in [-0.1, -0.05) is 257 Å². The number of hydrogen-bond acceptors (Lipinski definition) is 10. The third-order valence-corrected chi connectivity index (χ3v) is 18.1. The standard InChI is InChI=1S/C13H16O2.C13H18O.C12H16N2.C12H15N.C12H18O2.C11H16O.C10H15N.C10H14O/c1-13(2,3)10-4-5-12-9(6-10)7-11(14)8-15-12;1-13(2,3)11-6-7-12-10(9-11)5-4-8-14-12;1-8-13-10-6-5-9(12(2,3)4)7-11(10)14-8;1-12(2,3)11-5-4-9-7-13-8-10(9)6-11;1-12(2,3)9-6-7-10(13-4)11(8-9)14-5;1-11(2,3)9-6-5-7-10(8-9)12-4;2*1-10(2,3)8-5-4-6-9(11)7-8/h4-6H,7-8H2,1-3H3;6-7,9H,4-5,8H2,1-3H3;5-7H,1-4H3,(H,13,14);4-7H,8H2,1-3H3;6-8H,1-5H3;5-8H,1-4H3;4-7H,11H2,1-3H3;4-7,11H,1-3H3. The van der Waals surface area contributed by atoms with Gasteiger partial charge in [0.05, 0.1) is 45.5 Å². The second kappa shape index (κ2) is 36.2. The van der Waals surface area contributed by atoms with Gasteiger partial charge in [0.25, 0.3) is 0 Å². The number of aromatic hydroxyl groups is 1. The Bertz CT molecular complexity index is 4140. The van der Waals surface area contributed by atoms with Crippen LogP contribution in [0, 0.1) is 6.92 Å². The van der Waals surface area contributed by atoms with Crippen LogP contribution in [0.4, 0.5) is 5.69 Å². The van der Waals surface area contributed by atoms with Gasteiger partial charge in [0.15, 0.2) is 17.3 Å². The lowest BCUT2D eigenvalue weighted by atomic mass is 9.85. The number of nitrogens with zero attached hydrogens (tertiary/aromatic N) is 2. The van der Waals surface area contributed by atoms with Gasteiger partial charge in [-0.15, -0.1) is 0 Å². The van der Waals surface area contributed by atoms with E-state index < -0.39 is 0 Å². The largest absolute Gasteiger partial charge is 0.508 e. The summed E-state index contributed by atoms with van der Waals surface area (Å²) < 4.78 is 26.5. The molecule has 3 aliphatic rings. The van der Waals surface area contributed by atoms with Gasteiger partial charge >= 0.3 is 0 Å². The summed E-state index contributed by atoms with van der Waals surface area (Å²) in [5.74, 6) is 5.94. The Hall–Kier alpha value is -8.83.